The van der Waals surface area contributed by atoms with E-state index in [1.807, 2.05) is 0 Å². The Morgan fingerprint density at radius 1 is 1.46 bits per heavy atom. The van der Waals surface area contributed by atoms with Crippen LogP contribution in [0.5, 0.6) is 0 Å². The summed E-state index contributed by atoms with van der Waals surface area (Å²) in [7, 11) is 0. The van der Waals surface area contributed by atoms with Crippen LogP contribution in [0.15, 0.2) is 0 Å². The van der Waals surface area contributed by atoms with E-state index < -0.39 is 0 Å². The van der Waals surface area contributed by atoms with E-state index in [1.165, 1.54) is 0 Å². The molecule has 0 aromatic rings. The van der Waals surface area contributed by atoms with Crippen LogP contribution in [0.3, 0.4) is 0 Å². The van der Waals surface area contributed by atoms with Crippen molar-refractivity contribution < 1.29 is 9.90 Å². The van der Waals surface area contributed by atoms with E-state index in [-0.39, 0.29) is 12.5 Å². The molecule has 0 saturated carbocycles. The van der Waals surface area contributed by atoms with Gasteiger partial charge in [0.1, 0.15) is 0 Å². The molecule has 78 valence electrons. The van der Waals surface area contributed by atoms with Gasteiger partial charge in [-0.2, -0.15) is 11.8 Å². The van der Waals surface area contributed by atoms with E-state index in [0.717, 1.165) is 31.6 Å². The Hall–Kier alpha value is -0.220. The Kier molecular flexibility index (Phi) is 9.70. The third-order valence-electron chi connectivity index (χ3n) is 1.53. The van der Waals surface area contributed by atoms with E-state index >= 15 is 0 Å². The molecule has 0 rings (SSSR count). The summed E-state index contributed by atoms with van der Waals surface area (Å²) < 4.78 is 0. The molecule has 0 aromatic carbocycles. The number of aliphatic hydroxyl groups excluding tert-OH is 1. The van der Waals surface area contributed by atoms with Gasteiger partial charge < -0.3 is 10.4 Å². The lowest BCUT2D eigenvalue weighted by Crippen LogP contribution is -2.26. The Bertz CT molecular complexity index is 131. The van der Waals surface area contributed by atoms with Gasteiger partial charge in [0.2, 0.25) is 5.91 Å². The summed E-state index contributed by atoms with van der Waals surface area (Å²) in [5.41, 5.74) is 0. The second-order valence-electron chi connectivity index (χ2n) is 2.83. The Morgan fingerprint density at radius 3 is 2.85 bits per heavy atom. The minimum absolute atomic E-state index is 0.108. The highest BCUT2D eigenvalue weighted by atomic mass is 32.2. The minimum Gasteiger partial charge on any atom is -0.396 e. The first kappa shape index (κ1) is 12.8. The molecule has 0 saturated heterocycles. The largest absolute Gasteiger partial charge is 0.396 e. The summed E-state index contributed by atoms with van der Waals surface area (Å²) >= 11 is 1.57. The molecule has 0 aliphatic heterocycles. The molecule has 4 heteroatoms. The molecule has 0 radical (unpaired) electrons. The highest BCUT2D eigenvalue weighted by Gasteiger charge is 1.99. The molecule has 0 aromatic heterocycles. The van der Waals surface area contributed by atoms with Crippen molar-refractivity contribution in [2.24, 2.45) is 0 Å². The van der Waals surface area contributed by atoms with Gasteiger partial charge in [-0.05, 0) is 18.6 Å². The minimum atomic E-state index is 0.108. The van der Waals surface area contributed by atoms with Gasteiger partial charge in [-0.25, -0.2) is 0 Å². The van der Waals surface area contributed by atoms with Crippen LogP contribution in [0.1, 0.15) is 26.2 Å². The molecule has 0 aliphatic rings. The van der Waals surface area contributed by atoms with Crippen molar-refractivity contribution in [3.8, 4) is 0 Å². The van der Waals surface area contributed by atoms with Crippen molar-refractivity contribution in [1.82, 2.24) is 5.32 Å². The van der Waals surface area contributed by atoms with Crippen LogP contribution in [0.25, 0.3) is 0 Å². The van der Waals surface area contributed by atoms with E-state index in [1.54, 1.807) is 11.8 Å². The van der Waals surface area contributed by atoms with Crippen molar-refractivity contribution >= 4 is 17.7 Å². The maximum absolute atomic E-state index is 11.1. The molecule has 3 nitrogen and oxygen atoms in total. The zero-order valence-electron chi connectivity index (χ0n) is 8.21. The van der Waals surface area contributed by atoms with Gasteiger partial charge in [-0.3, -0.25) is 4.79 Å². The van der Waals surface area contributed by atoms with Crippen molar-refractivity contribution in [3.05, 3.63) is 0 Å². The van der Waals surface area contributed by atoms with Gasteiger partial charge in [0, 0.05) is 13.2 Å². The predicted molar refractivity (Wildman–Crippen MR) is 56.9 cm³/mol. The van der Waals surface area contributed by atoms with E-state index in [2.05, 4.69) is 12.2 Å². The fourth-order valence-electron chi connectivity index (χ4n) is 0.787. The fraction of sp³-hybridized carbons (Fsp3) is 0.889. The summed E-state index contributed by atoms with van der Waals surface area (Å²) in [6.07, 6.45) is 2.93. The smallest absolute Gasteiger partial charge is 0.229 e. The van der Waals surface area contributed by atoms with Crippen molar-refractivity contribution in [1.29, 1.82) is 0 Å². The molecule has 0 unspecified atom stereocenters. The predicted octanol–water partition coefficient (Wildman–Crippen LogP) is 1.02. The molecular weight excluding hydrogens is 186 g/mol. The van der Waals surface area contributed by atoms with E-state index in [0.29, 0.717) is 5.75 Å². The number of carbonyl (C=O) groups excluding carboxylic acids is 1. The van der Waals surface area contributed by atoms with Gasteiger partial charge in [0.05, 0.1) is 5.75 Å². The Labute approximate surface area is 84.3 Å². The number of thioether (sulfide) groups is 1. The highest BCUT2D eigenvalue weighted by molar-refractivity contribution is 7.99. The molecule has 0 fully saturated rings. The Balaban J connectivity index is 3.11. The number of rotatable bonds is 8. The topological polar surface area (TPSA) is 49.3 Å². The number of amides is 1. The molecule has 2 N–H and O–H groups in total. The molecule has 0 atom stereocenters. The number of aliphatic hydroxyl groups is 1. The monoisotopic (exact) mass is 205 g/mol. The normalized spacial score (nSPS) is 10.0. The number of carbonyl (C=O) groups is 1. The SMILES string of the molecule is CCCCNC(=O)CSCCCO. The quantitative estimate of drug-likeness (QED) is 0.582. The fourth-order valence-corrected chi connectivity index (χ4v) is 1.55. The first-order chi connectivity index (χ1) is 6.31. The van der Waals surface area contributed by atoms with Crippen molar-refractivity contribution in [3.63, 3.8) is 0 Å². The first-order valence-corrected chi connectivity index (χ1v) is 5.92. The Morgan fingerprint density at radius 2 is 2.23 bits per heavy atom. The van der Waals surface area contributed by atoms with Gasteiger partial charge in [-0.15, -0.1) is 0 Å². The van der Waals surface area contributed by atoms with Crippen LogP contribution >= 0.6 is 11.8 Å². The molecule has 13 heavy (non-hydrogen) atoms. The molecule has 0 bridgehead atoms. The average molecular weight is 205 g/mol. The maximum Gasteiger partial charge on any atom is 0.229 e. The number of hydrogen-bond donors (Lipinski definition) is 2. The summed E-state index contributed by atoms with van der Waals surface area (Å²) in [5, 5.41) is 11.3. The number of unbranched alkanes of at least 4 members (excludes halogenated alkanes) is 1. The van der Waals surface area contributed by atoms with Gasteiger partial charge >= 0.3 is 0 Å². The molecule has 1 amide bonds. The van der Waals surface area contributed by atoms with Crippen LogP contribution in [-0.4, -0.2) is 35.7 Å². The van der Waals surface area contributed by atoms with Crippen molar-refractivity contribution in [2.75, 3.05) is 24.7 Å². The lowest BCUT2D eigenvalue weighted by Gasteiger charge is -2.03. The summed E-state index contributed by atoms with van der Waals surface area (Å²) in [6, 6.07) is 0. The van der Waals surface area contributed by atoms with Gasteiger partial charge in [0.25, 0.3) is 0 Å². The number of nitrogens with one attached hydrogen (secondary N) is 1. The number of hydrogen-bond acceptors (Lipinski definition) is 3. The van der Waals surface area contributed by atoms with Crippen LogP contribution in [-0.2, 0) is 4.79 Å². The van der Waals surface area contributed by atoms with Gasteiger partial charge in [0.15, 0.2) is 0 Å². The van der Waals surface area contributed by atoms with Crippen LogP contribution in [0.2, 0.25) is 0 Å². The molecule has 0 aliphatic carbocycles. The van der Waals surface area contributed by atoms with Gasteiger partial charge in [-0.1, -0.05) is 13.3 Å². The standard InChI is InChI=1S/C9H19NO2S/c1-2-3-5-10-9(12)8-13-7-4-6-11/h11H,2-8H2,1H3,(H,10,12). The second kappa shape index (κ2) is 9.86. The lowest BCUT2D eigenvalue weighted by atomic mass is 10.3. The third-order valence-corrected chi connectivity index (χ3v) is 2.58. The maximum atomic E-state index is 11.1. The molecular formula is C9H19NO2S. The van der Waals surface area contributed by atoms with Crippen LogP contribution < -0.4 is 5.32 Å². The van der Waals surface area contributed by atoms with Crippen LogP contribution in [0, 0.1) is 0 Å². The third kappa shape index (κ3) is 9.70. The molecule has 0 heterocycles. The summed E-state index contributed by atoms with van der Waals surface area (Å²) in [6.45, 7) is 3.10. The van der Waals surface area contributed by atoms with Crippen molar-refractivity contribution in [2.45, 2.75) is 26.2 Å². The summed E-state index contributed by atoms with van der Waals surface area (Å²) in [5.74, 6) is 1.48. The molecule has 0 spiro atoms. The average Bonchev–Trinajstić information content (AvgIpc) is 2.13. The second-order valence-corrected chi connectivity index (χ2v) is 3.94. The lowest BCUT2D eigenvalue weighted by molar-refractivity contribution is -0.118. The van der Waals surface area contributed by atoms with E-state index in [4.69, 9.17) is 5.11 Å². The zero-order valence-corrected chi connectivity index (χ0v) is 9.03. The van der Waals surface area contributed by atoms with E-state index in [9.17, 15) is 4.79 Å². The zero-order chi connectivity index (χ0) is 9.94. The highest BCUT2D eigenvalue weighted by Crippen LogP contribution is 2.00. The summed E-state index contributed by atoms with van der Waals surface area (Å²) in [4.78, 5) is 11.1. The first-order valence-electron chi connectivity index (χ1n) is 4.76. The van der Waals surface area contributed by atoms with Crippen LogP contribution in [0.4, 0.5) is 0 Å².